The van der Waals surface area contributed by atoms with Crippen molar-refractivity contribution in [1.82, 2.24) is 5.32 Å². The van der Waals surface area contributed by atoms with Crippen molar-refractivity contribution in [2.24, 2.45) is 0 Å². The van der Waals surface area contributed by atoms with Crippen LogP contribution in [0.2, 0.25) is 5.02 Å². The third-order valence-corrected chi connectivity index (χ3v) is 7.04. The first kappa shape index (κ1) is 27.5. The molecule has 0 spiro atoms. The summed E-state index contributed by atoms with van der Waals surface area (Å²) in [6, 6.07) is 18.7. The Bertz CT molecular complexity index is 1170. The average Bonchev–Trinajstić information content (AvgIpc) is 2.79. The maximum Gasteiger partial charge on any atom is 1.00 e. The SMILES string of the molecule is O=C([O-])c1ccc(S(=O)(=O)c2ccc(CCCNC[C@H](O)c3cccc(Cl)c3)cc2)cc1.[Na+]. The molecule has 3 rings (SSSR count). The van der Waals surface area contributed by atoms with E-state index in [9.17, 15) is 23.4 Å². The Kier molecular flexibility index (Phi) is 10.6. The van der Waals surface area contributed by atoms with Crippen LogP contribution >= 0.6 is 11.6 Å². The summed E-state index contributed by atoms with van der Waals surface area (Å²) in [5.74, 6) is -1.35. The Balaban J connectivity index is 0.00000385. The zero-order chi connectivity index (χ0) is 23.1. The largest absolute Gasteiger partial charge is 1.00 e. The second kappa shape index (κ2) is 12.7. The van der Waals surface area contributed by atoms with E-state index in [0.29, 0.717) is 18.1 Å². The number of aliphatic hydroxyl groups excluding tert-OH is 1. The third kappa shape index (κ3) is 7.65. The summed E-state index contributed by atoms with van der Waals surface area (Å²) in [5.41, 5.74) is 1.68. The van der Waals surface area contributed by atoms with E-state index in [-0.39, 0.29) is 44.9 Å². The molecule has 0 unspecified atom stereocenters. The summed E-state index contributed by atoms with van der Waals surface area (Å²) in [4.78, 5) is 11.0. The Labute approximate surface area is 220 Å². The fourth-order valence-electron chi connectivity index (χ4n) is 3.23. The number of carbonyl (C=O) groups excluding carboxylic acids is 1. The maximum atomic E-state index is 12.7. The molecular weight excluding hydrogens is 473 g/mol. The Morgan fingerprint density at radius 2 is 1.61 bits per heavy atom. The average molecular weight is 496 g/mol. The molecule has 0 heterocycles. The molecular formula is C24H23ClNNaO5S. The van der Waals surface area contributed by atoms with Gasteiger partial charge >= 0.3 is 29.6 Å². The molecule has 0 aliphatic carbocycles. The van der Waals surface area contributed by atoms with Gasteiger partial charge in [0, 0.05) is 11.6 Å². The summed E-state index contributed by atoms with van der Waals surface area (Å²) in [6.45, 7) is 1.11. The Morgan fingerprint density at radius 3 is 2.18 bits per heavy atom. The number of hydrogen-bond donors (Lipinski definition) is 2. The van der Waals surface area contributed by atoms with Crippen molar-refractivity contribution in [1.29, 1.82) is 0 Å². The number of benzene rings is 3. The van der Waals surface area contributed by atoms with E-state index in [1.807, 2.05) is 6.07 Å². The molecule has 0 aromatic heterocycles. The molecule has 0 bridgehead atoms. The third-order valence-electron chi connectivity index (χ3n) is 5.02. The smallest absolute Gasteiger partial charge is 0.545 e. The van der Waals surface area contributed by atoms with Gasteiger partial charge in [-0.25, -0.2) is 8.42 Å². The Morgan fingerprint density at radius 1 is 1.00 bits per heavy atom. The van der Waals surface area contributed by atoms with E-state index >= 15 is 0 Å². The number of carbonyl (C=O) groups is 1. The quantitative estimate of drug-likeness (QED) is 0.298. The van der Waals surface area contributed by atoms with Gasteiger partial charge < -0.3 is 20.3 Å². The van der Waals surface area contributed by atoms with Gasteiger partial charge in [-0.05, 0) is 72.5 Å². The second-order valence-corrected chi connectivity index (χ2v) is 9.72. The number of halogens is 1. The van der Waals surface area contributed by atoms with Crippen molar-refractivity contribution < 1.29 is 53.0 Å². The number of rotatable bonds is 10. The van der Waals surface area contributed by atoms with Crippen LogP contribution in [0.1, 0.15) is 34.0 Å². The first-order valence-corrected chi connectivity index (χ1v) is 11.9. The van der Waals surface area contributed by atoms with Gasteiger partial charge in [0.15, 0.2) is 0 Å². The second-order valence-electron chi connectivity index (χ2n) is 7.34. The molecule has 33 heavy (non-hydrogen) atoms. The molecule has 168 valence electrons. The zero-order valence-electron chi connectivity index (χ0n) is 18.2. The van der Waals surface area contributed by atoms with Crippen LogP contribution in [-0.4, -0.2) is 32.6 Å². The summed E-state index contributed by atoms with van der Waals surface area (Å²) in [6.07, 6.45) is 0.930. The van der Waals surface area contributed by atoms with E-state index in [4.69, 9.17) is 11.6 Å². The number of aryl methyl sites for hydroxylation is 1. The molecule has 2 N–H and O–H groups in total. The van der Waals surface area contributed by atoms with E-state index in [1.54, 1.807) is 42.5 Å². The minimum atomic E-state index is -3.73. The monoisotopic (exact) mass is 495 g/mol. The van der Waals surface area contributed by atoms with Gasteiger partial charge in [-0.1, -0.05) is 48.0 Å². The normalized spacial score (nSPS) is 12.1. The zero-order valence-corrected chi connectivity index (χ0v) is 21.8. The molecule has 0 fully saturated rings. The Hall–Kier alpha value is -1.71. The van der Waals surface area contributed by atoms with Crippen LogP contribution in [0.15, 0.2) is 82.6 Å². The van der Waals surface area contributed by atoms with Crippen LogP contribution in [0.4, 0.5) is 0 Å². The van der Waals surface area contributed by atoms with Gasteiger partial charge in [-0.15, -0.1) is 0 Å². The fourth-order valence-corrected chi connectivity index (χ4v) is 4.69. The molecule has 0 aliphatic rings. The van der Waals surface area contributed by atoms with Crippen LogP contribution in [0, 0.1) is 0 Å². The predicted molar refractivity (Wildman–Crippen MR) is 120 cm³/mol. The van der Waals surface area contributed by atoms with Crippen molar-refractivity contribution in [2.45, 2.75) is 28.7 Å². The molecule has 1 atom stereocenters. The standard InChI is InChI=1S/C24H24ClNO5S.Na/c25-20-5-1-4-19(15-20)23(27)16-26-14-2-3-17-6-10-21(11-7-17)32(30,31)22-12-8-18(9-13-22)24(28)29;/h1,4-13,15,23,26-27H,2-3,14,16H2,(H,28,29);/q;+1/p-1/t23-;/m0./s1. The van der Waals surface area contributed by atoms with Crippen molar-refractivity contribution in [2.75, 3.05) is 13.1 Å². The van der Waals surface area contributed by atoms with Crippen LogP contribution < -0.4 is 40.0 Å². The van der Waals surface area contributed by atoms with Crippen LogP contribution in [0.3, 0.4) is 0 Å². The predicted octanol–water partition coefficient (Wildman–Crippen LogP) is -0.204. The maximum absolute atomic E-state index is 12.7. The van der Waals surface area contributed by atoms with Gasteiger partial charge in [-0.2, -0.15) is 0 Å². The number of nitrogens with one attached hydrogen (secondary N) is 1. The molecule has 0 radical (unpaired) electrons. The summed E-state index contributed by atoms with van der Waals surface area (Å²) >= 11 is 5.94. The number of carboxylic acid groups (broad SMARTS) is 1. The minimum absolute atomic E-state index is 0. The molecule has 0 saturated carbocycles. The van der Waals surface area contributed by atoms with Gasteiger partial charge in [0.2, 0.25) is 9.84 Å². The van der Waals surface area contributed by atoms with E-state index in [0.717, 1.165) is 24.0 Å². The first-order chi connectivity index (χ1) is 15.3. The molecule has 6 nitrogen and oxygen atoms in total. The van der Waals surface area contributed by atoms with Crippen LogP contribution in [0.25, 0.3) is 0 Å². The van der Waals surface area contributed by atoms with Crippen LogP contribution in [0.5, 0.6) is 0 Å². The molecule has 0 amide bonds. The molecule has 3 aromatic carbocycles. The van der Waals surface area contributed by atoms with Gasteiger partial charge in [0.1, 0.15) is 0 Å². The van der Waals surface area contributed by atoms with Crippen molar-refractivity contribution >= 4 is 27.4 Å². The number of aliphatic hydroxyl groups is 1. The van der Waals surface area contributed by atoms with Gasteiger partial charge in [0.05, 0.1) is 21.9 Å². The van der Waals surface area contributed by atoms with Gasteiger partial charge in [0.25, 0.3) is 0 Å². The number of hydrogen-bond acceptors (Lipinski definition) is 6. The van der Waals surface area contributed by atoms with Gasteiger partial charge in [-0.3, -0.25) is 0 Å². The molecule has 0 aliphatic heterocycles. The van der Waals surface area contributed by atoms with Crippen molar-refractivity contribution in [3.05, 3.63) is 94.5 Å². The topological polar surface area (TPSA) is 107 Å². The van der Waals surface area contributed by atoms with E-state index < -0.39 is 21.9 Å². The minimum Gasteiger partial charge on any atom is -0.545 e. The summed E-state index contributed by atoms with van der Waals surface area (Å²) < 4.78 is 25.4. The summed E-state index contributed by atoms with van der Waals surface area (Å²) in [5, 5.41) is 24.8. The van der Waals surface area contributed by atoms with E-state index in [2.05, 4.69) is 5.32 Å². The van der Waals surface area contributed by atoms with Crippen molar-refractivity contribution in [3.63, 3.8) is 0 Å². The molecule has 0 saturated heterocycles. The number of sulfone groups is 1. The molecule has 3 aromatic rings. The fraction of sp³-hybridized carbons (Fsp3) is 0.208. The molecule has 9 heteroatoms. The first-order valence-electron chi connectivity index (χ1n) is 10.1. The number of aromatic carboxylic acids is 1. The summed E-state index contributed by atoms with van der Waals surface area (Å²) in [7, 11) is -3.73. The van der Waals surface area contributed by atoms with Crippen LogP contribution in [-0.2, 0) is 16.3 Å². The number of carboxylic acids is 1. The van der Waals surface area contributed by atoms with E-state index in [1.165, 1.54) is 24.3 Å². The van der Waals surface area contributed by atoms with Crippen molar-refractivity contribution in [3.8, 4) is 0 Å².